The second-order valence-electron chi connectivity index (χ2n) is 4.27. The van der Waals surface area contributed by atoms with E-state index in [-0.39, 0.29) is 67.2 Å². The molecule has 0 aromatic carbocycles. The van der Waals surface area contributed by atoms with Crippen LogP contribution < -0.4 is 0 Å². The van der Waals surface area contributed by atoms with Gasteiger partial charge in [0.2, 0.25) is 0 Å². The molecular formula is C11H20NPtY-3. The fourth-order valence-electron chi connectivity index (χ4n) is 3.05. The second kappa shape index (κ2) is 7.15. The molecule has 85 valence electrons. The molecule has 2 rings (SSSR count). The van der Waals surface area contributed by atoms with Gasteiger partial charge in [-0.05, 0) is 0 Å². The summed E-state index contributed by atoms with van der Waals surface area (Å²) in [5.74, 6) is 0.590. The summed E-state index contributed by atoms with van der Waals surface area (Å²) in [5, 5.41) is 0. The third-order valence-electron chi connectivity index (χ3n) is 3.84. The molecule has 0 aliphatic heterocycles. The summed E-state index contributed by atoms with van der Waals surface area (Å²) < 4.78 is 0. The molecule has 2 aliphatic rings. The minimum atomic E-state index is 0. The Kier molecular flexibility index (Phi) is 9.26. The summed E-state index contributed by atoms with van der Waals surface area (Å²) in [6.07, 6.45) is 7.58. The van der Waals surface area contributed by atoms with Crippen LogP contribution in [0.15, 0.2) is 0 Å². The van der Waals surface area contributed by atoms with Crippen molar-refractivity contribution < 1.29 is 53.8 Å². The van der Waals surface area contributed by atoms with Gasteiger partial charge in [-0.15, -0.1) is 6.04 Å². The van der Waals surface area contributed by atoms with Crippen molar-refractivity contribution in [2.45, 2.75) is 44.6 Å². The third kappa shape index (κ3) is 2.90. The summed E-state index contributed by atoms with van der Waals surface area (Å²) in [6.45, 7) is 4.20. The molecular weight excluding hydrogens is 430 g/mol. The van der Waals surface area contributed by atoms with Crippen LogP contribution in [0.1, 0.15) is 38.5 Å². The van der Waals surface area contributed by atoms with E-state index in [4.69, 9.17) is 5.73 Å². The first kappa shape index (κ1) is 18.1. The summed E-state index contributed by atoms with van der Waals surface area (Å²) in [6, 6.07) is 0.215. The Balaban J connectivity index is 0. The zero-order valence-corrected chi connectivity index (χ0v) is 14.1. The van der Waals surface area contributed by atoms with Gasteiger partial charge in [0.25, 0.3) is 0 Å². The molecule has 2 saturated carbocycles. The van der Waals surface area contributed by atoms with Gasteiger partial charge in [0.15, 0.2) is 0 Å². The first-order chi connectivity index (χ1) is 5.26. The van der Waals surface area contributed by atoms with Crippen LogP contribution in [0.3, 0.4) is 0 Å². The van der Waals surface area contributed by atoms with E-state index in [1.807, 2.05) is 0 Å². The van der Waals surface area contributed by atoms with Crippen molar-refractivity contribution in [1.82, 2.24) is 0 Å². The maximum absolute atomic E-state index is 7.97. The van der Waals surface area contributed by atoms with Crippen molar-refractivity contribution >= 4 is 0 Å². The van der Waals surface area contributed by atoms with Crippen molar-refractivity contribution in [2.75, 3.05) is 0 Å². The fourth-order valence-corrected chi connectivity index (χ4v) is 3.05. The molecule has 1 spiro atoms. The van der Waals surface area contributed by atoms with E-state index in [1.165, 1.54) is 32.1 Å². The van der Waals surface area contributed by atoms with Gasteiger partial charge in [-0.25, -0.2) is 0 Å². The van der Waals surface area contributed by atoms with Crippen LogP contribution in [-0.2, 0) is 53.8 Å². The van der Waals surface area contributed by atoms with Crippen LogP contribution >= 0.6 is 0 Å². The van der Waals surface area contributed by atoms with Crippen molar-refractivity contribution in [3.63, 3.8) is 0 Å². The molecule has 0 bridgehead atoms. The molecule has 0 saturated heterocycles. The molecule has 1 unspecified atom stereocenters. The molecule has 0 amide bonds. The normalized spacial score (nSPS) is 39.9. The Labute approximate surface area is 128 Å². The second-order valence-corrected chi connectivity index (χ2v) is 4.27. The van der Waals surface area contributed by atoms with Gasteiger partial charge in [-0.2, -0.15) is 5.92 Å². The zero-order chi connectivity index (χ0) is 7.90. The number of rotatable bonds is 0. The van der Waals surface area contributed by atoms with Crippen LogP contribution in [0.25, 0.3) is 5.73 Å². The zero-order valence-electron chi connectivity index (χ0n) is 9.00. The van der Waals surface area contributed by atoms with Gasteiger partial charge < -0.3 is 20.1 Å². The third-order valence-corrected chi connectivity index (χ3v) is 3.84. The summed E-state index contributed by atoms with van der Waals surface area (Å²) in [5.41, 5.74) is 8.33. The van der Waals surface area contributed by atoms with Crippen molar-refractivity contribution in [2.24, 2.45) is 11.3 Å². The smallest absolute Gasteiger partial charge is 0 e. The fraction of sp³-hybridized carbons (Fsp3) is 0.818. The molecule has 1 N–H and O–H groups in total. The number of hydrogen-bond acceptors (Lipinski definition) is 0. The summed E-state index contributed by atoms with van der Waals surface area (Å²) in [4.78, 5) is 0. The van der Waals surface area contributed by atoms with Crippen LogP contribution in [0.4, 0.5) is 0 Å². The van der Waals surface area contributed by atoms with E-state index in [9.17, 15) is 0 Å². The van der Waals surface area contributed by atoms with Gasteiger partial charge in [-0.1, -0.05) is 43.9 Å². The first-order valence-corrected chi connectivity index (χ1v) is 4.80. The Bertz CT molecular complexity index is 145. The molecule has 0 aromatic rings. The average molecular weight is 450 g/mol. The SMILES string of the molecule is [CH2-][C@@H]1CCC[C@@]12CCCC2[NH-].[CH3-].[Pt].[Y]. The maximum Gasteiger partial charge on any atom is 0 e. The maximum atomic E-state index is 7.97. The molecule has 14 heavy (non-hydrogen) atoms. The molecule has 1 radical (unpaired) electrons. The Morgan fingerprint density at radius 3 is 2.00 bits per heavy atom. The topological polar surface area (TPSA) is 23.8 Å². The minimum absolute atomic E-state index is 0. The van der Waals surface area contributed by atoms with E-state index in [1.54, 1.807) is 0 Å². The van der Waals surface area contributed by atoms with Crippen LogP contribution in [0, 0.1) is 25.7 Å². The summed E-state index contributed by atoms with van der Waals surface area (Å²) in [7, 11) is 0. The Hall–Kier alpha value is 1.75. The molecule has 0 heterocycles. The van der Waals surface area contributed by atoms with Gasteiger partial charge in [0, 0.05) is 53.8 Å². The first-order valence-electron chi connectivity index (χ1n) is 4.80. The predicted octanol–water partition coefficient (Wildman–Crippen LogP) is 3.66. The minimum Gasteiger partial charge on any atom is -0.674 e. The molecule has 0 aromatic heterocycles. The van der Waals surface area contributed by atoms with Gasteiger partial charge in [-0.3, -0.25) is 0 Å². The van der Waals surface area contributed by atoms with E-state index in [0.717, 1.165) is 6.42 Å². The van der Waals surface area contributed by atoms with Gasteiger partial charge >= 0.3 is 0 Å². The predicted molar refractivity (Wildman–Crippen MR) is 53.5 cm³/mol. The van der Waals surface area contributed by atoms with Crippen molar-refractivity contribution in [3.05, 3.63) is 20.1 Å². The van der Waals surface area contributed by atoms with E-state index in [2.05, 4.69) is 6.92 Å². The van der Waals surface area contributed by atoms with E-state index < -0.39 is 0 Å². The molecule has 3 heteroatoms. The van der Waals surface area contributed by atoms with Gasteiger partial charge in [0.05, 0.1) is 0 Å². The van der Waals surface area contributed by atoms with Crippen LogP contribution in [0.2, 0.25) is 0 Å². The standard InChI is InChI=1S/C10H17N.CH3.Pt.Y/c1-8-4-2-6-10(8)7-3-5-9(10)11;;;/h8-9,11H,1-7H2;1H3;;/q-2;-1;;/t8-,9?,10-;;;/m1.../s1. The number of hydrogen-bond donors (Lipinski definition) is 0. The van der Waals surface area contributed by atoms with Crippen molar-refractivity contribution in [1.29, 1.82) is 0 Å². The van der Waals surface area contributed by atoms with E-state index >= 15 is 0 Å². The Morgan fingerprint density at radius 2 is 1.64 bits per heavy atom. The number of nitrogens with one attached hydrogen (secondary N) is 1. The van der Waals surface area contributed by atoms with Gasteiger partial charge in [0.1, 0.15) is 0 Å². The monoisotopic (exact) mass is 450 g/mol. The molecule has 2 fully saturated rings. The Morgan fingerprint density at radius 1 is 1.14 bits per heavy atom. The molecule has 1 nitrogen and oxygen atoms in total. The summed E-state index contributed by atoms with van der Waals surface area (Å²) >= 11 is 0. The van der Waals surface area contributed by atoms with Crippen molar-refractivity contribution in [3.8, 4) is 0 Å². The van der Waals surface area contributed by atoms with Crippen LogP contribution in [-0.4, -0.2) is 6.04 Å². The molecule has 2 aliphatic carbocycles. The quantitative estimate of drug-likeness (QED) is 0.504. The largest absolute Gasteiger partial charge is 0.674 e. The van der Waals surface area contributed by atoms with Crippen LogP contribution in [0.5, 0.6) is 0 Å². The van der Waals surface area contributed by atoms with E-state index in [0.29, 0.717) is 11.3 Å². The molecule has 3 atom stereocenters. The average Bonchev–Trinajstić information content (AvgIpc) is 2.48.